The third kappa shape index (κ3) is 2.48. The number of phenols is 2. The quantitative estimate of drug-likeness (QED) is 0.844. The molecule has 0 unspecified atom stereocenters. The van der Waals surface area contributed by atoms with E-state index in [1.165, 1.54) is 11.1 Å². The molecule has 0 fully saturated rings. The molecule has 2 aromatic rings. The van der Waals surface area contributed by atoms with Gasteiger partial charge < -0.3 is 10.2 Å². The Morgan fingerprint density at radius 1 is 0.833 bits per heavy atom. The molecule has 2 aromatic carbocycles. The Bertz CT molecular complexity index is 563. The van der Waals surface area contributed by atoms with Crippen molar-refractivity contribution in [2.45, 2.75) is 27.2 Å². The Morgan fingerprint density at radius 2 is 1.44 bits per heavy atom. The molecule has 0 aliphatic heterocycles. The molecule has 2 heteroatoms. The van der Waals surface area contributed by atoms with Crippen LogP contribution < -0.4 is 0 Å². The predicted molar refractivity (Wildman–Crippen MR) is 73.2 cm³/mol. The number of aromatic hydroxyl groups is 2. The van der Waals surface area contributed by atoms with Gasteiger partial charge in [-0.1, -0.05) is 18.2 Å². The van der Waals surface area contributed by atoms with Crippen LogP contribution in [0.2, 0.25) is 0 Å². The van der Waals surface area contributed by atoms with Gasteiger partial charge in [0.05, 0.1) is 0 Å². The maximum Gasteiger partial charge on any atom is 0.121 e. The number of phenolic OH excluding ortho intramolecular Hbond substituents is 2. The molecule has 94 valence electrons. The van der Waals surface area contributed by atoms with Gasteiger partial charge in [0.15, 0.2) is 0 Å². The Morgan fingerprint density at radius 3 is 2.00 bits per heavy atom. The lowest BCUT2D eigenvalue weighted by molar-refractivity contribution is 0.466. The largest absolute Gasteiger partial charge is 0.508 e. The van der Waals surface area contributed by atoms with Gasteiger partial charge in [0.2, 0.25) is 0 Å². The molecule has 18 heavy (non-hydrogen) atoms. The second-order valence-electron chi connectivity index (χ2n) is 4.87. The molecule has 0 aliphatic carbocycles. The normalized spacial score (nSPS) is 10.6. The van der Waals surface area contributed by atoms with E-state index in [4.69, 9.17) is 0 Å². The van der Waals surface area contributed by atoms with Crippen molar-refractivity contribution < 1.29 is 10.2 Å². The predicted octanol–water partition coefficient (Wildman–Crippen LogP) is 3.61. The van der Waals surface area contributed by atoms with E-state index in [0.29, 0.717) is 11.5 Å². The van der Waals surface area contributed by atoms with Crippen molar-refractivity contribution in [1.82, 2.24) is 0 Å². The van der Waals surface area contributed by atoms with Crippen molar-refractivity contribution in [1.29, 1.82) is 0 Å². The molecule has 2 nitrogen and oxygen atoms in total. The summed E-state index contributed by atoms with van der Waals surface area (Å²) in [7, 11) is 0. The summed E-state index contributed by atoms with van der Waals surface area (Å²) in [6.45, 7) is 5.82. The molecule has 0 heterocycles. The van der Waals surface area contributed by atoms with Crippen LogP contribution in [0.15, 0.2) is 30.3 Å². The summed E-state index contributed by atoms with van der Waals surface area (Å²) < 4.78 is 0. The zero-order valence-electron chi connectivity index (χ0n) is 11.0. The van der Waals surface area contributed by atoms with Crippen LogP contribution >= 0.6 is 0 Å². The van der Waals surface area contributed by atoms with Crippen molar-refractivity contribution in [2.75, 3.05) is 0 Å². The minimum atomic E-state index is 0.300. The van der Waals surface area contributed by atoms with E-state index in [1.807, 2.05) is 39.0 Å². The summed E-state index contributed by atoms with van der Waals surface area (Å²) in [5, 5.41) is 19.1. The highest BCUT2D eigenvalue weighted by Gasteiger charge is 2.06. The maximum atomic E-state index is 9.75. The van der Waals surface area contributed by atoms with Gasteiger partial charge in [0.1, 0.15) is 11.5 Å². The third-order valence-corrected chi connectivity index (χ3v) is 3.27. The fraction of sp³-hybridized carbons (Fsp3) is 0.250. The average Bonchev–Trinajstić information content (AvgIpc) is 2.29. The number of hydrogen-bond acceptors (Lipinski definition) is 2. The molecule has 0 spiro atoms. The fourth-order valence-electron chi connectivity index (χ4n) is 2.25. The molecule has 0 saturated heterocycles. The fourth-order valence-corrected chi connectivity index (χ4v) is 2.25. The van der Waals surface area contributed by atoms with Crippen LogP contribution in [0.25, 0.3) is 0 Å². The van der Waals surface area contributed by atoms with E-state index in [-0.39, 0.29) is 0 Å². The minimum absolute atomic E-state index is 0.300. The lowest BCUT2D eigenvalue weighted by atomic mass is 9.97. The third-order valence-electron chi connectivity index (χ3n) is 3.27. The monoisotopic (exact) mass is 242 g/mol. The molecule has 2 N–H and O–H groups in total. The van der Waals surface area contributed by atoms with Crippen molar-refractivity contribution in [3.05, 3.63) is 58.1 Å². The van der Waals surface area contributed by atoms with E-state index in [2.05, 4.69) is 0 Å². The van der Waals surface area contributed by atoms with Crippen molar-refractivity contribution >= 4 is 0 Å². The van der Waals surface area contributed by atoms with Crippen LogP contribution in [-0.2, 0) is 6.42 Å². The first-order valence-corrected chi connectivity index (χ1v) is 6.05. The minimum Gasteiger partial charge on any atom is -0.508 e. The van der Waals surface area contributed by atoms with Crippen LogP contribution in [-0.4, -0.2) is 10.2 Å². The molecule has 0 saturated carbocycles. The second kappa shape index (κ2) is 4.73. The molecular formula is C16H18O2. The van der Waals surface area contributed by atoms with Gasteiger partial charge in [-0.25, -0.2) is 0 Å². The average molecular weight is 242 g/mol. The zero-order chi connectivity index (χ0) is 13.3. The number of rotatable bonds is 2. The molecule has 0 atom stereocenters. The van der Waals surface area contributed by atoms with E-state index >= 15 is 0 Å². The highest BCUT2D eigenvalue weighted by molar-refractivity contribution is 5.45. The molecular weight excluding hydrogens is 224 g/mol. The van der Waals surface area contributed by atoms with E-state index < -0.39 is 0 Å². The van der Waals surface area contributed by atoms with E-state index in [1.54, 1.807) is 12.1 Å². The molecule has 0 aromatic heterocycles. The lowest BCUT2D eigenvalue weighted by Gasteiger charge is -2.10. The van der Waals surface area contributed by atoms with Crippen LogP contribution in [0.4, 0.5) is 0 Å². The molecule has 0 radical (unpaired) electrons. The first-order chi connectivity index (χ1) is 8.47. The van der Waals surface area contributed by atoms with Gasteiger partial charge in [0.25, 0.3) is 0 Å². The highest BCUT2D eigenvalue weighted by atomic mass is 16.3. The number of aryl methyl sites for hydroxylation is 3. The van der Waals surface area contributed by atoms with E-state index in [9.17, 15) is 10.2 Å². The Labute approximate surface area is 108 Å². The zero-order valence-corrected chi connectivity index (χ0v) is 11.0. The summed E-state index contributed by atoms with van der Waals surface area (Å²) in [5.41, 5.74) is 5.26. The number of hydrogen-bond donors (Lipinski definition) is 2. The van der Waals surface area contributed by atoms with Gasteiger partial charge in [-0.05, 0) is 67.1 Å². The Kier molecular flexibility index (Phi) is 3.28. The summed E-state index contributed by atoms with van der Waals surface area (Å²) in [6.07, 6.45) is 0.814. The van der Waals surface area contributed by atoms with Crippen LogP contribution in [0, 0.1) is 20.8 Å². The molecule has 0 bridgehead atoms. The Hall–Kier alpha value is -1.96. The molecule has 0 aliphatic rings. The first-order valence-electron chi connectivity index (χ1n) is 6.05. The Balaban J connectivity index is 2.34. The second-order valence-corrected chi connectivity index (χ2v) is 4.87. The van der Waals surface area contributed by atoms with Gasteiger partial charge in [-0.15, -0.1) is 0 Å². The smallest absolute Gasteiger partial charge is 0.121 e. The number of benzene rings is 2. The molecule has 2 rings (SSSR count). The van der Waals surface area contributed by atoms with Crippen LogP contribution in [0.1, 0.15) is 27.8 Å². The van der Waals surface area contributed by atoms with Gasteiger partial charge in [0, 0.05) is 0 Å². The van der Waals surface area contributed by atoms with Crippen LogP contribution in [0.5, 0.6) is 11.5 Å². The lowest BCUT2D eigenvalue weighted by Crippen LogP contribution is -1.94. The summed E-state index contributed by atoms with van der Waals surface area (Å²) in [5.74, 6) is 0.676. The SMILES string of the molecule is Cc1cc(O)ccc1Cc1cc(C)c(O)c(C)c1. The van der Waals surface area contributed by atoms with Crippen molar-refractivity contribution in [3.63, 3.8) is 0 Å². The van der Waals surface area contributed by atoms with Crippen molar-refractivity contribution in [2.24, 2.45) is 0 Å². The first kappa shape index (κ1) is 12.5. The highest BCUT2D eigenvalue weighted by Crippen LogP contribution is 2.25. The van der Waals surface area contributed by atoms with Gasteiger partial charge in [-0.3, -0.25) is 0 Å². The van der Waals surface area contributed by atoms with Crippen molar-refractivity contribution in [3.8, 4) is 11.5 Å². The maximum absolute atomic E-state index is 9.75. The van der Waals surface area contributed by atoms with Gasteiger partial charge >= 0.3 is 0 Å². The standard InChI is InChI=1S/C16H18O2/c1-10-8-15(17)5-4-14(10)9-13-6-11(2)16(18)12(3)7-13/h4-8,17-18H,9H2,1-3H3. The topological polar surface area (TPSA) is 40.5 Å². The van der Waals surface area contributed by atoms with Crippen LogP contribution in [0.3, 0.4) is 0 Å². The van der Waals surface area contributed by atoms with Gasteiger partial charge in [-0.2, -0.15) is 0 Å². The molecule has 0 amide bonds. The van der Waals surface area contributed by atoms with E-state index in [0.717, 1.165) is 23.1 Å². The summed E-state index contributed by atoms with van der Waals surface area (Å²) in [4.78, 5) is 0. The summed E-state index contributed by atoms with van der Waals surface area (Å²) >= 11 is 0. The summed E-state index contributed by atoms with van der Waals surface area (Å²) in [6, 6.07) is 9.45.